The van der Waals surface area contributed by atoms with Crippen LogP contribution in [-0.2, 0) is 4.79 Å². The molecule has 0 saturated carbocycles. The number of carbonyl (C=O) groups is 1. The lowest BCUT2D eigenvalue weighted by molar-refractivity contribution is -0.133. The van der Waals surface area contributed by atoms with Crippen LogP contribution in [0.25, 0.3) is 0 Å². The topological polar surface area (TPSA) is 52.6 Å². The van der Waals surface area contributed by atoms with Gasteiger partial charge in [0.25, 0.3) is 5.91 Å². The summed E-state index contributed by atoms with van der Waals surface area (Å²) in [5.74, 6) is 2.12. The molecule has 0 aliphatic carbocycles. The molecule has 1 aliphatic rings. The zero-order chi connectivity index (χ0) is 8.97. The van der Waals surface area contributed by atoms with Crippen LogP contribution in [0, 0.1) is 12.3 Å². The summed E-state index contributed by atoms with van der Waals surface area (Å²) in [6.45, 7) is 1.31. The molecule has 0 aromatic heterocycles. The highest BCUT2D eigenvalue weighted by molar-refractivity contribution is 5.80. The van der Waals surface area contributed by atoms with Gasteiger partial charge in [0.1, 0.15) is 0 Å². The summed E-state index contributed by atoms with van der Waals surface area (Å²) in [6.07, 6.45) is 6.86. The molecule has 1 saturated heterocycles. The predicted octanol–water partition coefficient (Wildman–Crippen LogP) is -0.411. The van der Waals surface area contributed by atoms with E-state index in [1.54, 1.807) is 5.48 Å². The summed E-state index contributed by atoms with van der Waals surface area (Å²) in [5.41, 5.74) is 1.65. The van der Waals surface area contributed by atoms with Crippen LogP contribution >= 0.6 is 0 Å². The number of nitrogens with one attached hydrogen (secondary N) is 1. The zero-order valence-corrected chi connectivity index (χ0v) is 6.79. The number of amides is 1. The first kappa shape index (κ1) is 9.04. The summed E-state index contributed by atoms with van der Waals surface area (Å²) >= 11 is 0. The van der Waals surface area contributed by atoms with Crippen LogP contribution < -0.4 is 5.48 Å². The number of rotatable bonds is 2. The third-order valence-electron chi connectivity index (χ3n) is 2.07. The van der Waals surface area contributed by atoms with Gasteiger partial charge in [-0.1, -0.05) is 5.92 Å². The second-order valence-electron chi connectivity index (χ2n) is 2.81. The van der Waals surface area contributed by atoms with Gasteiger partial charge in [0.05, 0.1) is 12.6 Å². The first-order valence-corrected chi connectivity index (χ1v) is 3.91. The van der Waals surface area contributed by atoms with Gasteiger partial charge in [0.2, 0.25) is 0 Å². The second-order valence-corrected chi connectivity index (χ2v) is 2.81. The SMILES string of the molecule is C#CCN1CCC[C@H]1C(=O)NO. The van der Waals surface area contributed by atoms with E-state index >= 15 is 0 Å². The molecule has 4 heteroatoms. The molecular formula is C8H12N2O2. The lowest BCUT2D eigenvalue weighted by Crippen LogP contribution is -2.42. The first-order valence-electron chi connectivity index (χ1n) is 3.91. The van der Waals surface area contributed by atoms with Crippen LogP contribution in [0.3, 0.4) is 0 Å². The maximum absolute atomic E-state index is 11.0. The van der Waals surface area contributed by atoms with Gasteiger partial charge in [-0.05, 0) is 19.4 Å². The standard InChI is InChI=1S/C8H12N2O2/c1-2-5-10-6-3-4-7(10)8(11)9-12/h1,7,12H,3-6H2,(H,9,11)/t7-/m0/s1. The van der Waals surface area contributed by atoms with Gasteiger partial charge in [0, 0.05) is 0 Å². The van der Waals surface area contributed by atoms with Crippen molar-refractivity contribution in [3.05, 3.63) is 0 Å². The molecule has 12 heavy (non-hydrogen) atoms. The van der Waals surface area contributed by atoms with Crippen LogP contribution in [0.1, 0.15) is 12.8 Å². The minimum atomic E-state index is -0.359. The third-order valence-corrected chi connectivity index (χ3v) is 2.07. The summed E-state index contributed by atoms with van der Waals surface area (Å²) < 4.78 is 0. The Labute approximate surface area is 71.5 Å². The molecule has 2 N–H and O–H groups in total. The Bertz CT molecular complexity index is 210. The van der Waals surface area contributed by atoms with Crippen LogP contribution in [0.2, 0.25) is 0 Å². The Morgan fingerprint density at radius 3 is 3.17 bits per heavy atom. The summed E-state index contributed by atoms with van der Waals surface area (Å²) in [5, 5.41) is 8.40. The van der Waals surface area contributed by atoms with Gasteiger partial charge in [-0.3, -0.25) is 14.9 Å². The molecule has 0 spiro atoms. The van der Waals surface area contributed by atoms with E-state index < -0.39 is 0 Å². The van der Waals surface area contributed by atoms with Gasteiger partial charge in [-0.2, -0.15) is 0 Å². The lowest BCUT2D eigenvalue weighted by Gasteiger charge is -2.19. The average molecular weight is 168 g/mol. The van der Waals surface area contributed by atoms with Gasteiger partial charge >= 0.3 is 0 Å². The highest BCUT2D eigenvalue weighted by Crippen LogP contribution is 2.15. The third kappa shape index (κ3) is 1.76. The van der Waals surface area contributed by atoms with E-state index in [1.165, 1.54) is 0 Å². The zero-order valence-electron chi connectivity index (χ0n) is 6.79. The minimum absolute atomic E-state index is 0.244. The number of terminal acetylenes is 1. The fourth-order valence-electron chi connectivity index (χ4n) is 1.50. The van der Waals surface area contributed by atoms with Crippen molar-refractivity contribution in [2.75, 3.05) is 13.1 Å². The molecule has 66 valence electrons. The van der Waals surface area contributed by atoms with Crippen LogP contribution in [-0.4, -0.2) is 35.1 Å². The Balaban J connectivity index is 2.52. The highest BCUT2D eigenvalue weighted by Gasteiger charge is 2.29. The van der Waals surface area contributed by atoms with Crippen molar-refractivity contribution in [3.8, 4) is 12.3 Å². The van der Waals surface area contributed by atoms with Gasteiger partial charge < -0.3 is 0 Å². The quantitative estimate of drug-likeness (QED) is 0.335. The van der Waals surface area contributed by atoms with E-state index in [1.807, 2.05) is 4.90 Å². The molecule has 0 radical (unpaired) electrons. The highest BCUT2D eigenvalue weighted by atomic mass is 16.5. The van der Waals surface area contributed by atoms with Gasteiger partial charge in [-0.25, -0.2) is 5.48 Å². The molecule has 0 unspecified atom stereocenters. The largest absolute Gasteiger partial charge is 0.289 e. The number of nitrogens with zero attached hydrogens (tertiary/aromatic N) is 1. The van der Waals surface area contributed by atoms with Crippen molar-refractivity contribution >= 4 is 5.91 Å². The monoisotopic (exact) mass is 168 g/mol. The fourth-order valence-corrected chi connectivity index (χ4v) is 1.50. The summed E-state index contributed by atoms with van der Waals surface area (Å²) in [6, 6.07) is -0.244. The number of hydrogen-bond donors (Lipinski definition) is 2. The average Bonchev–Trinajstić information content (AvgIpc) is 2.52. The Kier molecular flexibility index (Phi) is 3.09. The summed E-state index contributed by atoms with van der Waals surface area (Å²) in [4.78, 5) is 12.9. The van der Waals surface area contributed by atoms with Crippen molar-refractivity contribution in [3.63, 3.8) is 0 Å². The van der Waals surface area contributed by atoms with Crippen molar-refractivity contribution in [1.82, 2.24) is 10.4 Å². The lowest BCUT2D eigenvalue weighted by atomic mass is 10.2. The van der Waals surface area contributed by atoms with Crippen LogP contribution in [0.15, 0.2) is 0 Å². The van der Waals surface area contributed by atoms with E-state index in [2.05, 4.69) is 5.92 Å². The molecular weight excluding hydrogens is 156 g/mol. The molecule has 1 amide bonds. The van der Waals surface area contributed by atoms with Crippen molar-refractivity contribution < 1.29 is 10.0 Å². The summed E-state index contributed by atoms with van der Waals surface area (Å²) in [7, 11) is 0. The molecule has 1 atom stereocenters. The van der Waals surface area contributed by atoms with Crippen molar-refractivity contribution in [1.29, 1.82) is 0 Å². The van der Waals surface area contributed by atoms with E-state index in [0.29, 0.717) is 6.54 Å². The molecule has 1 aliphatic heterocycles. The predicted molar refractivity (Wildman–Crippen MR) is 43.4 cm³/mol. The number of likely N-dealkylation sites (tertiary alicyclic amines) is 1. The molecule has 1 rings (SSSR count). The Morgan fingerprint density at radius 1 is 1.83 bits per heavy atom. The molecule has 0 bridgehead atoms. The second kappa shape index (κ2) is 4.10. The maximum Gasteiger partial charge on any atom is 0.260 e. The fraction of sp³-hybridized carbons (Fsp3) is 0.625. The number of hydrogen-bond acceptors (Lipinski definition) is 3. The van der Waals surface area contributed by atoms with Crippen molar-refractivity contribution in [2.45, 2.75) is 18.9 Å². The Morgan fingerprint density at radius 2 is 2.58 bits per heavy atom. The minimum Gasteiger partial charge on any atom is -0.289 e. The molecule has 0 aromatic rings. The van der Waals surface area contributed by atoms with E-state index in [0.717, 1.165) is 19.4 Å². The Hall–Kier alpha value is -1.05. The van der Waals surface area contributed by atoms with Gasteiger partial charge in [-0.15, -0.1) is 6.42 Å². The van der Waals surface area contributed by atoms with Crippen molar-refractivity contribution in [2.24, 2.45) is 0 Å². The smallest absolute Gasteiger partial charge is 0.260 e. The van der Waals surface area contributed by atoms with Crippen LogP contribution in [0.5, 0.6) is 0 Å². The number of carbonyl (C=O) groups excluding carboxylic acids is 1. The van der Waals surface area contributed by atoms with E-state index in [-0.39, 0.29) is 11.9 Å². The maximum atomic E-state index is 11.0. The van der Waals surface area contributed by atoms with Gasteiger partial charge in [0.15, 0.2) is 0 Å². The molecule has 1 heterocycles. The first-order chi connectivity index (χ1) is 5.79. The van der Waals surface area contributed by atoms with E-state index in [4.69, 9.17) is 11.6 Å². The molecule has 4 nitrogen and oxygen atoms in total. The number of hydroxylamine groups is 1. The molecule has 0 aromatic carbocycles. The van der Waals surface area contributed by atoms with E-state index in [9.17, 15) is 4.79 Å². The normalized spacial score (nSPS) is 23.5. The molecule has 1 fully saturated rings. The van der Waals surface area contributed by atoms with Crippen LogP contribution in [0.4, 0.5) is 0 Å².